The maximum absolute atomic E-state index is 9.68. The lowest BCUT2D eigenvalue weighted by atomic mass is 9.57. The first-order valence-electron chi connectivity index (χ1n) is 8.23. The van der Waals surface area contributed by atoms with Crippen molar-refractivity contribution < 1.29 is 5.11 Å². The standard InChI is InChI=1S/C18H27NO/c20-14-16(13-15-7-3-1-4-8-15)19-17-9-12-18(17)10-5-2-6-11-18/h1,3-4,7-8,16-17,19-20H,2,5-6,9-14H2. The lowest BCUT2D eigenvalue weighted by molar-refractivity contribution is 0.0118. The summed E-state index contributed by atoms with van der Waals surface area (Å²) in [5.74, 6) is 0. The molecule has 110 valence electrons. The van der Waals surface area contributed by atoms with Crippen molar-refractivity contribution >= 4 is 0 Å². The number of aliphatic hydroxyl groups excluding tert-OH is 1. The van der Waals surface area contributed by atoms with Crippen LogP contribution < -0.4 is 5.32 Å². The molecule has 2 unspecified atom stereocenters. The van der Waals surface area contributed by atoms with Crippen LogP contribution in [0, 0.1) is 5.41 Å². The Balaban J connectivity index is 1.58. The van der Waals surface area contributed by atoms with Crippen LogP contribution in [0.5, 0.6) is 0 Å². The fraction of sp³-hybridized carbons (Fsp3) is 0.667. The predicted molar refractivity (Wildman–Crippen MR) is 82.7 cm³/mol. The quantitative estimate of drug-likeness (QED) is 0.863. The fourth-order valence-corrected chi connectivity index (χ4v) is 4.17. The molecule has 2 aliphatic carbocycles. The monoisotopic (exact) mass is 273 g/mol. The molecule has 1 aromatic carbocycles. The molecular weight excluding hydrogens is 246 g/mol. The van der Waals surface area contributed by atoms with Crippen LogP contribution >= 0.6 is 0 Å². The topological polar surface area (TPSA) is 32.3 Å². The van der Waals surface area contributed by atoms with Gasteiger partial charge in [0, 0.05) is 12.1 Å². The minimum absolute atomic E-state index is 0.210. The third-order valence-corrected chi connectivity index (χ3v) is 5.50. The van der Waals surface area contributed by atoms with Gasteiger partial charge in [-0.1, -0.05) is 49.6 Å². The Bertz CT molecular complexity index is 411. The van der Waals surface area contributed by atoms with Gasteiger partial charge in [-0.15, -0.1) is 0 Å². The van der Waals surface area contributed by atoms with Gasteiger partial charge in [-0.3, -0.25) is 0 Å². The summed E-state index contributed by atoms with van der Waals surface area (Å²) in [5.41, 5.74) is 1.89. The Morgan fingerprint density at radius 2 is 1.85 bits per heavy atom. The largest absolute Gasteiger partial charge is 0.395 e. The van der Waals surface area contributed by atoms with Gasteiger partial charge in [0.05, 0.1) is 6.61 Å². The summed E-state index contributed by atoms with van der Waals surface area (Å²) in [5, 5.41) is 13.4. The molecule has 0 amide bonds. The summed E-state index contributed by atoms with van der Waals surface area (Å²) in [7, 11) is 0. The highest BCUT2D eigenvalue weighted by atomic mass is 16.3. The molecule has 20 heavy (non-hydrogen) atoms. The van der Waals surface area contributed by atoms with Crippen LogP contribution in [0.4, 0.5) is 0 Å². The van der Waals surface area contributed by atoms with E-state index in [1.165, 1.54) is 50.5 Å². The molecule has 2 heteroatoms. The zero-order valence-electron chi connectivity index (χ0n) is 12.4. The van der Waals surface area contributed by atoms with E-state index in [1.807, 2.05) is 6.07 Å². The van der Waals surface area contributed by atoms with Crippen molar-refractivity contribution in [2.45, 2.75) is 63.5 Å². The van der Waals surface area contributed by atoms with E-state index in [4.69, 9.17) is 0 Å². The number of nitrogens with one attached hydrogen (secondary N) is 1. The van der Waals surface area contributed by atoms with Crippen molar-refractivity contribution in [3.05, 3.63) is 35.9 Å². The normalized spacial score (nSPS) is 26.1. The van der Waals surface area contributed by atoms with Gasteiger partial charge in [0.1, 0.15) is 0 Å². The third kappa shape index (κ3) is 2.91. The van der Waals surface area contributed by atoms with Gasteiger partial charge >= 0.3 is 0 Å². The lowest BCUT2D eigenvalue weighted by Crippen LogP contribution is -2.58. The van der Waals surface area contributed by atoms with Crippen LogP contribution in [0.25, 0.3) is 0 Å². The van der Waals surface area contributed by atoms with Crippen molar-refractivity contribution in [2.75, 3.05) is 6.61 Å². The van der Waals surface area contributed by atoms with E-state index in [1.54, 1.807) is 0 Å². The second-order valence-electron chi connectivity index (χ2n) is 6.75. The van der Waals surface area contributed by atoms with E-state index < -0.39 is 0 Å². The molecule has 0 radical (unpaired) electrons. The minimum Gasteiger partial charge on any atom is -0.395 e. The summed E-state index contributed by atoms with van der Waals surface area (Å²) in [6.45, 7) is 0.238. The van der Waals surface area contributed by atoms with Crippen LogP contribution in [-0.4, -0.2) is 23.8 Å². The molecule has 2 fully saturated rings. The average molecular weight is 273 g/mol. The van der Waals surface area contributed by atoms with Crippen LogP contribution in [0.1, 0.15) is 50.5 Å². The molecule has 1 aromatic rings. The number of benzene rings is 1. The second-order valence-corrected chi connectivity index (χ2v) is 6.75. The van der Waals surface area contributed by atoms with Gasteiger partial charge in [-0.25, -0.2) is 0 Å². The summed E-state index contributed by atoms with van der Waals surface area (Å²) < 4.78 is 0. The van der Waals surface area contributed by atoms with Gasteiger partial charge in [0.25, 0.3) is 0 Å². The molecule has 0 saturated heterocycles. The molecule has 0 heterocycles. The summed E-state index contributed by atoms with van der Waals surface area (Å²) in [6, 6.07) is 11.4. The van der Waals surface area contributed by atoms with Crippen molar-refractivity contribution in [2.24, 2.45) is 5.41 Å². The van der Waals surface area contributed by atoms with E-state index in [2.05, 4.69) is 29.6 Å². The van der Waals surface area contributed by atoms with Crippen LogP contribution in [0.2, 0.25) is 0 Å². The first-order chi connectivity index (χ1) is 9.82. The SMILES string of the molecule is OCC(Cc1ccccc1)NC1CCC12CCCCC2. The minimum atomic E-state index is 0.210. The number of rotatable bonds is 5. The summed E-state index contributed by atoms with van der Waals surface area (Å²) in [4.78, 5) is 0. The Labute approximate surface area is 122 Å². The highest BCUT2D eigenvalue weighted by Crippen LogP contribution is 2.51. The molecule has 2 saturated carbocycles. The molecular formula is C18H27NO. The maximum atomic E-state index is 9.68. The Hall–Kier alpha value is -0.860. The molecule has 3 rings (SSSR count). The zero-order valence-corrected chi connectivity index (χ0v) is 12.4. The van der Waals surface area contributed by atoms with Gasteiger partial charge in [-0.05, 0) is 43.1 Å². The van der Waals surface area contributed by atoms with Crippen LogP contribution in [0.3, 0.4) is 0 Å². The van der Waals surface area contributed by atoms with E-state index in [0.29, 0.717) is 11.5 Å². The highest BCUT2D eigenvalue weighted by Gasteiger charge is 2.47. The molecule has 0 aromatic heterocycles. The fourth-order valence-electron chi connectivity index (χ4n) is 4.17. The van der Waals surface area contributed by atoms with Crippen molar-refractivity contribution in [3.8, 4) is 0 Å². The zero-order chi connectivity index (χ0) is 13.8. The molecule has 1 spiro atoms. The smallest absolute Gasteiger partial charge is 0.0587 e. The Morgan fingerprint density at radius 1 is 1.10 bits per heavy atom. The number of hydrogen-bond acceptors (Lipinski definition) is 2. The van der Waals surface area contributed by atoms with Crippen molar-refractivity contribution in [1.82, 2.24) is 5.32 Å². The van der Waals surface area contributed by atoms with Gasteiger partial charge < -0.3 is 10.4 Å². The molecule has 2 atom stereocenters. The molecule has 0 aliphatic heterocycles. The summed E-state index contributed by atoms with van der Waals surface area (Å²) >= 11 is 0. The Kier molecular flexibility index (Phi) is 4.42. The van der Waals surface area contributed by atoms with Gasteiger partial charge in [0.2, 0.25) is 0 Å². The summed E-state index contributed by atoms with van der Waals surface area (Å²) in [6.07, 6.45) is 10.6. The highest BCUT2D eigenvalue weighted by molar-refractivity contribution is 5.16. The van der Waals surface area contributed by atoms with Crippen molar-refractivity contribution in [1.29, 1.82) is 0 Å². The van der Waals surface area contributed by atoms with E-state index in [9.17, 15) is 5.11 Å². The number of aliphatic hydroxyl groups is 1. The average Bonchev–Trinajstić information content (AvgIpc) is 2.52. The van der Waals surface area contributed by atoms with E-state index in [-0.39, 0.29) is 12.6 Å². The van der Waals surface area contributed by atoms with Crippen molar-refractivity contribution in [3.63, 3.8) is 0 Å². The molecule has 2 aliphatic rings. The third-order valence-electron chi connectivity index (χ3n) is 5.50. The second kappa shape index (κ2) is 6.28. The molecule has 2 nitrogen and oxygen atoms in total. The van der Waals surface area contributed by atoms with Crippen LogP contribution in [0.15, 0.2) is 30.3 Å². The van der Waals surface area contributed by atoms with Gasteiger partial charge in [0.15, 0.2) is 0 Å². The molecule has 2 N–H and O–H groups in total. The first kappa shape index (κ1) is 14.1. The maximum Gasteiger partial charge on any atom is 0.0587 e. The van der Waals surface area contributed by atoms with Crippen LogP contribution in [-0.2, 0) is 6.42 Å². The van der Waals surface area contributed by atoms with Gasteiger partial charge in [-0.2, -0.15) is 0 Å². The number of hydrogen-bond donors (Lipinski definition) is 2. The predicted octanol–water partition coefficient (Wildman–Crippen LogP) is 3.29. The lowest BCUT2D eigenvalue weighted by Gasteiger charge is -2.53. The van der Waals surface area contributed by atoms with E-state index >= 15 is 0 Å². The first-order valence-corrected chi connectivity index (χ1v) is 8.23. The molecule has 0 bridgehead atoms. The Morgan fingerprint density at radius 3 is 2.45 bits per heavy atom. The van der Waals surface area contributed by atoms with E-state index in [0.717, 1.165) is 6.42 Å².